The van der Waals surface area contributed by atoms with Gasteiger partial charge in [0.2, 0.25) is 0 Å². The van der Waals surface area contributed by atoms with Crippen LogP contribution in [0.1, 0.15) is 54.7 Å². The van der Waals surface area contributed by atoms with Crippen LogP contribution >= 0.6 is 11.8 Å². The number of nitrogens with zero attached hydrogens (tertiary/aromatic N) is 1. The fraction of sp³-hybridized carbons (Fsp3) is 0.714. The van der Waals surface area contributed by atoms with E-state index in [0.717, 1.165) is 12.5 Å². The summed E-state index contributed by atoms with van der Waals surface area (Å²) in [6.45, 7) is 2.26. The van der Waals surface area contributed by atoms with Gasteiger partial charge in [0.25, 0.3) is 0 Å². The van der Waals surface area contributed by atoms with Crippen molar-refractivity contribution in [3.63, 3.8) is 0 Å². The summed E-state index contributed by atoms with van der Waals surface area (Å²) in [7, 11) is 0. The zero-order valence-electron chi connectivity index (χ0n) is 10.6. The third kappa shape index (κ3) is 2.04. The molecule has 0 aromatic carbocycles. The van der Waals surface area contributed by atoms with E-state index >= 15 is 0 Å². The fourth-order valence-corrected chi connectivity index (χ4v) is 4.49. The van der Waals surface area contributed by atoms with E-state index in [0.29, 0.717) is 0 Å². The molecule has 0 saturated carbocycles. The zero-order valence-corrected chi connectivity index (χ0v) is 11.4. The van der Waals surface area contributed by atoms with E-state index in [4.69, 9.17) is 5.73 Å². The molecule has 1 aliphatic carbocycles. The van der Waals surface area contributed by atoms with Crippen LogP contribution in [-0.4, -0.2) is 16.1 Å². The van der Waals surface area contributed by atoms with Crippen molar-refractivity contribution in [2.45, 2.75) is 51.1 Å². The molecule has 1 unspecified atom stereocenters. The van der Waals surface area contributed by atoms with Gasteiger partial charge in [-0.15, -0.1) is 0 Å². The van der Waals surface area contributed by atoms with Gasteiger partial charge in [-0.2, -0.15) is 11.8 Å². The predicted octanol–water partition coefficient (Wildman–Crippen LogP) is 3.20. The molecule has 0 radical (unpaired) electrons. The van der Waals surface area contributed by atoms with Crippen LogP contribution in [0.5, 0.6) is 0 Å². The minimum Gasteiger partial charge on any atom is -0.345 e. The van der Waals surface area contributed by atoms with Crippen LogP contribution in [0.3, 0.4) is 0 Å². The fourth-order valence-electron chi connectivity index (χ4n) is 3.41. The van der Waals surface area contributed by atoms with Gasteiger partial charge < -0.3 is 10.3 Å². The van der Waals surface area contributed by atoms with Gasteiger partial charge in [0.05, 0.1) is 0 Å². The molecule has 1 aliphatic heterocycles. The summed E-state index contributed by atoms with van der Waals surface area (Å²) < 4.78 is 2.62. The molecule has 2 nitrogen and oxygen atoms in total. The second kappa shape index (κ2) is 4.69. The SMILES string of the molecule is Cc1cc2c(n1C1CCSCC1)CCCC2N. The van der Waals surface area contributed by atoms with Crippen molar-refractivity contribution in [2.75, 3.05) is 11.5 Å². The molecule has 0 spiro atoms. The maximum absolute atomic E-state index is 6.24. The highest BCUT2D eigenvalue weighted by molar-refractivity contribution is 7.99. The first kappa shape index (κ1) is 11.7. The van der Waals surface area contributed by atoms with Crippen molar-refractivity contribution >= 4 is 11.8 Å². The van der Waals surface area contributed by atoms with E-state index in [1.54, 1.807) is 5.69 Å². The molecule has 0 bridgehead atoms. The molecule has 1 aromatic heterocycles. The lowest BCUT2D eigenvalue weighted by molar-refractivity contribution is 0.434. The highest BCUT2D eigenvalue weighted by Crippen LogP contribution is 2.36. The number of rotatable bonds is 1. The van der Waals surface area contributed by atoms with E-state index in [2.05, 4.69) is 29.3 Å². The van der Waals surface area contributed by atoms with Gasteiger partial charge in [0.1, 0.15) is 0 Å². The summed E-state index contributed by atoms with van der Waals surface area (Å²) in [6, 6.07) is 3.38. The monoisotopic (exact) mass is 250 g/mol. The third-order valence-electron chi connectivity index (χ3n) is 4.25. The van der Waals surface area contributed by atoms with Crippen molar-refractivity contribution in [1.29, 1.82) is 0 Å². The van der Waals surface area contributed by atoms with E-state index in [-0.39, 0.29) is 6.04 Å². The Kier molecular flexibility index (Phi) is 3.22. The Labute approximate surface area is 108 Å². The normalized spacial score (nSPS) is 25.9. The van der Waals surface area contributed by atoms with Crippen molar-refractivity contribution in [3.05, 3.63) is 23.0 Å². The van der Waals surface area contributed by atoms with Crippen LogP contribution in [0.2, 0.25) is 0 Å². The Bertz CT molecular complexity index is 405. The molecular weight excluding hydrogens is 228 g/mol. The summed E-state index contributed by atoms with van der Waals surface area (Å²) in [6.07, 6.45) is 6.33. The largest absolute Gasteiger partial charge is 0.345 e. The molecule has 1 atom stereocenters. The van der Waals surface area contributed by atoms with Gasteiger partial charge >= 0.3 is 0 Å². The Morgan fingerprint density at radius 3 is 2.82 bits per heavy atom. The molecule has 1 fully saturated rings. The van der Waals surface area contributed by atoms with Gasteiger partial charge in [-0.3, -0.25) is 0 Å². The van der Waals surface area contributed by atoms with Gasteiger partial charge in [-0.05, 0) is 62.2 Å². The summed E-state index contributed by atoms with van der Waals surface area (Å²) in [5.74, 6) is 2.65. The average Bonchev–Trinajstić information content (AvgIpc) is 2.68. The second-order valence-corrected chi connectivity index (χ2v) is 6.62. The van der Waals surface area contributed by atoms with Crippen LogP contribution in [0.4, 0.5) is 0 Å². The van der Waals surface area contributed by atoms with Crippen molar-refractivity contribution in [2.24, 2.45) is 5.73 Å². The van der Waals surface area contributed by atoms with E-state index in [9.17, 15) is 0 Å². The first-order valence-corrected chi connectivity index (χ1v) is 7.97. The topological polar surface area (TPSA) is 30.9 Å². The lowest BCUT2D eigenvalue weighted by Gasteiger charge is -2.29. The number of thioether (sulfide) groups is 1. The van der Waals surface area contributed by atoms with Gasteiger partial charge in [-0.25, -0.2) is 0 Å². The number of fused-ring (bicyclic) bond motifs is 1. The number of nitrogens with two attached hydrogens (primary N) is 1. The smallest absolute Gasteiger partial charge is 0.0351 e. The van der Waals surface area contributed by atoms with Crippen LogP contribution in [0.25, 0.3) is 0 Å². The first-order valence-electron chi connectivity index (χ1n) is 6.81. The summed E-state index contributed by atoms with van der Waals surface area (Å²) in [5.41, 5.74) is 10.7. The standard InChI is InChI=1S/C14H22N2S/c1-10-9-12-13(15)3-2-4-14(12)16(10)11-5-7-17-8-6-11/h9,11,13H,2-8,15H2,1H3. The van der Waals surface area contributed by atoms with Crippen molar-refractivity contribution in [3.8, 4) is 0 Å². The van der Waals surface area contributed by atoms with Gasteiger partial charge in [-0.1, -0.05) is 0 Å². The van der Waals surface area contributed by atoms with Gasteiger partial charge in [0, 0.05) is 23.5 Å². The van der Waals surface area contributed by atoms with E-state index in [1.165, 1.54) is 48.4 Å². The molecule has 2 N–H and O–H groups in total. The molecule has 1 aromatic rings. The molecule has 2 heterocycles. The number of aromatic nitrogens is 1. The Balaban J connectivity index is 1.98. The number of hydrogen-bond acceptors (Lipinski definition) is 2. The second-order valence-electron chi connectivity index (χ2n) is 5.40. The third-order valence-corrected chi connectivity index (χ3v) is 5.30. The Hall–Kier alpha value is -0.410. The summed E-state index contributed by atoms with van der Waals surface area (Å²) in [4.78, 5) is 0. The molecule has 17 heavy (non-hydrogen) atoms. The molecule has 1 saturated heterocycles. The minimum absolute atomic E-state index is 0.289. The summed E-state index contributed by atoms with van der Waals surface area (Å²) in [5, 5.41) is 0. The predicted molar refractivity (Wildman–Crippen MR) is 74.6 cm³/mol. The van der Waals surface area contributed by atoms with E-state index < -0.39 is 0 Å². The Morgan fingerprint density at radius 2 is 2.06 bits per heavy atom. The molecule has 94 valence electrons. The van der Waals surface area contributed by atoms with E-state index in [1.807, 2.05) is 0 Å². The molecule has 3 rings (SSSR count). The van der Waals surface area contributed by atoms with Crippen LogP contribution < -0.4 is 5.73 Å². The zero-order chi connectivity index (χ0) is 11.8. The lowest BCUT2D eigenvalue weighted by Crippen LogP contribution is -2.22. The average molecular weight is 250 g/mol. The van der Waals surface area contributed by atoms with Crippen LogP contribution in [0, 0.1) is 6.92 Å². The maximum Gasteiger partial charge on any atom is 0.0351 e. The van der Waals surface area contributed by atoms with Crippen molar-refractivity contribution in [1.82, 2.24) is 4.57 Å². The van der Waals surface area contributed by atoms with Gasteiger partial charge in [0.15, 0.2) is 0 Å². The summed E-state index contributed by atoms with van der Waals surface area (Å²) >= 11 is 2.10. The number of hydrogen-bond donors (Lipinski definition) is 1. The maximum atomic E-state index is 6.24. The van der Waals surface area contributed by atoms with Crippen LogP contribution in [0.15, 0.2) is 6.07 Å². The quantitative estimate of drug-likeness (QED) is 0.830. The first-order chi connectivity index (χ1) is 8.27. The molecule has 0 amide bonds. The highest BCUT2D eigenvalue weighted by Gasteiger charge is 2.26. The Morgan fingerprint density at radius 1 is 1.29 bits per heavy atom. The lowest BCUT2D eigenvalue weighted by atomic mass is 9.93. The highest BCUT2D eigenvalue weighted by atomic mass is 32.2. The van der Waals surface area contributed by atoms with Crippen LogP contribution in [-0.2, 0) is 6.42 Å². The molecular formula is C14H22N2S. The minimum atomic E-state index is 0.289. The molecule has 3 heteroatoms. The van der Waals surface area contributed by atoms with Crippen molar-refractivity contribution < 1.29 is 0 Å². The number of aryl methyl sites for hydroxylation is 1. The molecule has 2 aliphatic rings.